The van der Waals surface area contributed by atoms with Gasteiger partial charge < -0.3 is 14.2 Å². The van der Waals surface area contributed by atoms with Crippen LogP contribution in [0.2, 0.25) is 0 Å². The van der Waals surface area contributed by atoms with Crippen molar-refractivity contribution in [2.45, 2.75) is 25.7 Å². The Kier molecular flexibility index (Phi) is 3.53. The van der Waals surface area contributed by atoms with Crippen molar-refractivity contribution >= 4 is 17.6 Å². The Labute approximate surface area is 87.8 Å². The number of carbonyl (C=O) groups is 1. The molecule has 5 heteroatoms. The van der Waals surface area contributed by atoms with Gasteiger partial charge in [0, 0.05) is 0 Å². The summed E-state index contributed by atoms with van der Waals surface area (Å²) in [5.41, 5.74) is 0. The van der Waals surface area contributed by atoms with Gasteiger partial charge in [0.05, 0.1) is 13.7 Å². The topological polar surface area (TPSA) is 44.8 Å². The Morgan fingerprint density at radius 3 is 2.71 bits per heavy atom. The molecule has 0 bridgehead atoms. The van der Waals surface area contributed by atoms with E-state index in [0.717, 1.165) is 0 Å². The van der Waals surface area contributed by atoms with Gasteiger partial charge in [-0.15, -0.1) is 0 Å². The van der Waals surface area contributed by atoms with Crippen LogP contribution in [0.15, 0.2) is 11.1 Å². The van der Waals surface area contributed by atoms with Gasteiger partial charge in [0.15, 0.2) is 5.79 Å². The molecule has 1 aliphatic rings. The van der Waals surface area contributed by atoms with Crippen molar-refractivity contribution < 1.29 is 19.0 Å². The van der Waals surface area contributed by atoms with Gasteiger partial charge in [0.25, 0.3) is 0 Å². The lowest BCUT2D eigenvalue weighted by atomic mass is 10.3. The van der Waals surface area contributed by atoms with Crippen molar-refractivity contribution in [1.82, 2.24) is 0 Å². The number of carbonyl (C=O) groups excluding carboxylic acids is 1. The molecule has 0 unspecified atom stereocenters. The minimum Gasteiger partial charge on any atom is -0.465 e. The standard InChI is InChI=1S/C9H13ClO4/c1-9(2)13-5-6(14-9)4-7(10)8(11)12-3/h4,6H,5H2,1-3H3/t6-/m0/s1. The zero-order valence-corrected chi connectivity index (χ0v) is 9.13. The Morgan fingerprint density at radius 2 is 2.29 bits per heavy atom. The first-order valence-corrected chi connectivity index (χ1v) is 4.60. The molecule has 1 saturated heterocycles. The maximum Gasteiger partial charge on any atom is 0.349 e. The van der Waals surface area contributed by atoms with Gasteiger partial charge in [0.2, 0.25) is 0 Å². The van der Waals surface area contributed by atoms with Gasteiger partial charge in [0.1, 0.15) is 11.1 Å². The average molecular weight is 221 g/mol. The third-order valence-electron chi connectivity index (χ3n) is 1.74. The van der Waals surface area contributed by atoms with Crippen LogP contribution < -0.4 is 0 Å². The molecule has 0 aromatic heterocycles. The SMILES string of the molecule is COC(=O)C(Cl)=C[C@H]1COC(C)(C)O1. The van der Waals surface area contributed by atoms with Crippen LogP contribution in [-0.4, -0.2) is 31.6 Å². The molecule has 0 saturated carbocycles. The van der Waals surface area contributed by atoms with E-state index < -0.39 is 11.8 Å². The lowest BCUT2D eigenvalue weighted by Gasteiger charge is -2.15. The molecule has 0 aliphatic carbocycles. The second-order valence-electron chi connectivity index (χ2n) is 3.37. The molecule has 0 amide bonds. The number of rotatable bonds is 2. The summed E-state index contributed by atoms with van der Waals surface area (Å²) in [6, 6.07) is 0. The summed E-state index contributed by atoms with van der Waals surface area (Å²) < 4.78 is 15.2. The van der Waals surface area contributed by atoms with E-state index in [9.17, 15) is 4.79 Å². The fraction of sp³-hybridized carbons (Fsp3) is 0.667. The molecule has 0 aromatic carbocycles. The molecule has 1 atom stereocenters. The maximum atomic E-state index is 10.9. The van der Waals surface area contributed by atoms with Gasteiger partial charge in [-0.2, -0.15) is 0 Å². The predicted molar refractivity (Wildman–Crippen MR) is 50.9 cm³/mol. The largest absolute Gasteiger partial charge is 0.465 e. The average Bonchev–Trinajstić information content (AvgIpc) is 2.44. The lowest BCUT2D eigenvalue weighted by molar-refractivity contribution is -0.137. The van der Waals surface area contributed by atoms with Crippen molar-refractivity contribution in [3.05, 3.63) is 11.1 Å². The highest BCUT2D eigenvalue weighted by Gasteiger charge is 2.32. The third kappa shape index (κ3) is 2.97. The summed E-state index contributed by atoms with van der Waals surface area (Å²) >= 11 is 5.66. The number of methoxy groups -OCH3 is 1. The summed E-state index contributed by atoms with van der Waals surface area (Å²) in [7, 11) is 1.27. The monoisotopic (exact) mass is 220 g/mol. The summed E-state index contributed by atoms with van der Waals surface area (Å²) in [5, 5.41) is 0.0128. The van der Waals surface area contributed by atoms with Crippen molar-refractivity contribution in [2.24, 2.45) is 0 Å². The Bertz CT molecular complexity index is 260. The molecule has 1 heterocycles. The highest BCUT2D eigenvalue weighted by Crippen LogP contribution is 2.24. The van der Waals surface area contributed by atoms with Crippen LogP contribution in [0.1, 0.15) is 13.8 Å². The van der Waals surface area contributed by atoms with E-state index in [1.807, 2.05) is 0 Å². The van der Waals surface area contributed by atoms with Crippen LogP contribution in [0.5, 0.6) is 0 Å². The van der Waals surface area contributed by atoms with E-state index in [4.69, 9.17) is 21.1 Å². The lowest BCUT2D eigenvalue weighted by Crippen LogP contribution is -2.21. The van der Waals surface area contributed by atoms with E-state index >= 15 is 0 Å². The van der Waals surface area contributed by atoms with Gasteiger partial charge in [-0.3, -0.25) is 0 Å². The predicted octanol–water partition coefficient (Wildman–Crippen LogP) is 1.43. The molecule has 4 nitrogen and oxygen atoms in total. The fourth-order valence-electron chi connectivity index (χ4n) is 1.13. The molecule has 1 fully saturated rings. The Morgan fingerprint density at radius 1 is 1.64 bits per heavy atom. The van der Waals surface area contributed by atoms with Gasteiger partial charge in [-0.05, 0) is 19.9 Å². The minimum absolute atomic E-state index is 0.0128. The van der Waals surface area contributed by atoms with Crippen LogP contribution in [0.4, 0.5) is 0 Å². The van der Waals surface area contributed by atoms with Crippen molar-refractivity contribution in [3.8, 4) is 0 Å². The molecule has 0 spiro atoms. The Hall–Kier alpha value is -0.580. The minimum atomic E-state index is -0.617. The van der Waals surface area contributed by atoms with Crippen LogP contribution in [0.25, 0.3) is 0 Å². The smallest absolute Gasteiger partial charge is 0.349 e. The number of ether oxygens (including phenoxy) is 3. The van der Waals surface area contributed by atoms with E-state index in [1.165, 1.54) is 13.2 Å². The normalized spacial score (nSPS) is 26.3. The first-order valence-electron chi connectivity index (χ1n) is 4.22. The first-order chi connectivity index (χ1) is 6.44. The molecular formula is C9H13ClO4. The first kappa shape index (κ1) is 11.5. The molecule has 0 radical (unpaired) electrons. The van der Waals surface area contributed by atoms with Crippen LogP contribution in [0, 0.1) is 0 Å². The second kappa shape index (κ2) is 4.29. The van der Waals surface area contributed by atoms with E-state index in [1.54, 1.807) is 13.8 Å². The second-order valence-corrected chi connectivity index (χ2v) is 3.78. The van der Waals surface area contributed by atoms with Gasteiger partial charge in [-0.25, -0.2) is 4.79 Å². The molecule has 14 heavy (non-hydrogen) atoms. The van der Waals surface area contributed by atoms with Crippen LogP contribution in [-0.2, 0) is 19.0 Å². The number of halogens is 1. The molecule has 0 N–H and O–H groups in total. The number of esters is 1. The number of hydrogen-bond donors (Lipinski definition) is 0. The van der Waals surface area contributed by atoms with Crippen LogP contribution >= 0.6 is 11.6 Å². The maximum absolute atomic E-state index is 10.9. The van der Waals surface area contributed by atoms with E-state index in [-0.39, 0.29) is 11.1 Å². The Balaban J connectivity index is 2.57. The van der Waals surface area contributed by atoms with Gasteiger partial charge >= 0.3 is 5.97 Å². The van der Waals surface area contributed by atoms with E-state index in [2.05, 4.69) is 4.74 Å². The molecule has 80 valence electrons. The summed E-state index contributed by atoms with van der Waals surface area (Å²) in [6.45, 7) is 3.99. The van der Waals surface area contributed by atoms with Crippen molar-refractivity contribution in [2.75, 3.05) is 13.7 Å². The highest BCUT2D eigenvalue weighted by atomic mass is 35.5. The summed E-state index contributed by atoms with van der Waals surface area (Å²) in [6.07, 6.45) is 1.19. The van der Waals surface area contributed by atoms with E-state index in [0.29, 0.717) is 6.61 Å². The zero-order chi connectivity index (χ0) is 10.8. The third-order valence-corrected chi connectivity index (χ3v) is 2.02. The molecule has 1 rings (SSSR count). The zero-order valence-electron chi connectivity index (χ0n) is 8.37. The molecule has 1 aliphatic heterocycles. The van der Waals surface area contributed by atoms with Crippen molar-refractivity contribution in [1.29, 1.82) is 0 Å². The summed E-state index contributed by atoms with van der Waals surface area (Å²) in [5.74, 6) is -1.19. The molecule has 0 aromatic rings. The fourth-order valence-corrected chi connectivity index (χ4v) is 1.34. The van der Waals surface area contributed by atoms with Crippen molar-refractivity contribution in [3.63, 3.8) is 0 Å². The number of hydrogen-bond acceptors (Lipinski definition) is 4. The van der Waals surface area contributed by atoms with Crippen LogP contribution in [0.3, 0.4) is 0 Å². The molecular weight excluding hydrogens is 208 g/mol. The van der Waals surface area contributed by atoms with Gasteiger partial charge in [-0.1, -0.05) is 11.6 Å². The summed E-state index contributed by atoms with van der Waals surface area (Å²) in [4.78, 5) is 10.9. The highest BCUT2D eigenvalue weighted by molar-refractivity contribution is 6.41. The quantitative estimate of drug-likeness (QED) is 0.522.